The van der Waals surface area contributed by atoms with Crippen LogP contribution in [0.15, 0.2) is 28.9 Å². The molecule has 0 radical (unpaired) electrons. The molecule has 0 unspecified atom stereocenters. The molecule has 0 saturated carbocycles. The molecule has 1 aromatic heterocycles. The third kappa shape index (κ3) is 2.58. The minimum absolute atomic E-state index is 0.0522. The summed E-state index contributed by atoms with van der Waals surface area (Å²) in [6, 6.07) is 4.42. The van der Waals surface area contributed by atoms with Gasteiger partial charge in [0, 0.05) is 5.56 Å². The van der Waals surface area contributed by atoms with Crippen molar-refractivity contribution in [2.24, 2.45) is 0 Å². The second-order valence-electron chi connectivity index (χ2n) is 4.49. The Bertz CT molecular complexity index is 756. The van der Waals surface area contributed by atoms with Crippen molar-refractivity contribution in [2.45, 2.75) is 6.92 Å². The SMILES string of the molecule is Cc1occc1C(=O)NNC(=O)c1cc(Cl)c2c(c1)OCO2. The van der Waals surface area contributed by atoms with Crippen LogP contribution in [0.1, 0.15) is 26.5 Å². The van der Waals surface area contributed by atoms with Crippen LogP contribution in [0.5, 0.6) is 11.5 Å². The Morgan fingerprint density at radius 2 is 1.95 bits per heavy atom. The third-order valence-electron chi connectivity index (χ3n) is 3.08. The monoisotopic (exact) mass is 322 g/mol. The minimum atomic E-state index is -0.533. The molecule has 1 aliphatic rings. The van der Waals surface area contributed by atoms with Crippen LogP contribution in [-0.2, 0) is 0 Å². The predicted octanol–water partition coefficient (Wildman–Crippen LogP) is 2.04. The zero-order valence-corrected chi connectivity index (χ0v) is 12.2. The van der Waals surface area contributed by atoms with Gasteiger partial charge in [-0.2, -0.15) is 0 Å². The predicted molar refractivity (Wildman–Crippen MR) is 76.0 cm³/mol. The number of rotatable bonds is 2. The van der Waals surface area contributed by atoms with Crippen molar-refractivity contribution < 1.29 is 23.5 Å². The summed E-state index contributed by atoms with van der Waals surface area (Å²) >= 11 is 6.00. The molecule has 0 atom stereocenters. The lowest BCUT2D eigenvalue weighted by molar-refractivity contribution is 0.0845. The van der Waals surface area contributed by atoms with E-state index in [4.69, 9.17) is 25.5 Å². The van der Waals surface area contributed by atoms with Gasteiger partial charge in [-0.1, -0.05) is 11.6 Å². The Morgan fingerprint density at radius 1 is 1.18 bits per heavy atom. The van der Waals surface area contributed by atoms with Gasteiger partial charge in [0.15, 0.2) is 11.5 Å². The Kier molecular flexibility index (Phi) is 3.64. The zero-order chi connectivity index (χ0) is 15.7. The van der Waals surface area contributed by atoms with Crippen molar-refractivity contribution in [3.63, 3.8) is 0 Å². The summed E-state index contributed by atoms with van der Waals surface area (Å²) in [6.45, 7) is 1.70. The lowest BCUT2D eigenvalue weighted by Gasteiger charge is -2.08. The molecule has 0 aliphatic carbocycles. The fourth-order valence-electron chi connectivity index (χ4n) is 1.97. The van der Waals surface area contributed by atoms with E-state index in [0.717, 1.165) is 0 Å². The van der Waals surface area contributed by atoms with Gasteiger partial charge in [0.25, 0.3) is 11.8 Å². The van der Waals surface area contributed by atoms with E-state index in [0.29, 0.717) is 22.8 Å². The molecular formula is C14H11ClN2O5. The third-order valence-corrected chi connectivity index (χ3v) is 3.36. The van der Waals surface area contributed by atoms with Crippen molar-refractivity contribution >= 4 is 23.4 Å². The first-order valence-corrected chi connectivity index (χ1v) is 6.68. The van der Waals surface area contributed by atoms with Gasteiger partial charge >= 0.3 is 0 Å². The smallest absolute Gasteiger partial charge is 0.273 e. The van der Waals surface area contributed by atoms with Crippen LogP contribution in [0.2, 0.25) is 5.02 Å². The van der Waals surface area contributed by atoms with Crippen molar-refractivity contribution in [1.82, 2.24) is 10.9 Å². The highest BCUT2D eigenvalue weighted by Gasteiger charge is 2.21. The molecule has 22 heavy (non-hydrogen) atoms. The lowest BCUT2D eigenvalue weighted by Crippen LogP contribution is -2.41. The second kappa shape index (κ2) is 5.61. The Balaban J connectivity index is 1.69. The lowest BCUT2D eigenvalue weighted by atomic mass is 10.2. The van der Waals surface area contributed by atoms with E-state index in [1.54, 1.807) is 6.92 Å². The summed E-state index contributed by atoms with van der Waals surface area (Å²) in [5.74, 6) is 0.227. The summed E-state index contributed by atoms with van der Waals surface area (Å²) in [6.07, 6.45) is 1.39. The number of carbonyl (C=O) groups is 2. The van der Waals surface area contributed by atoms with Crippen molar-refractivity contribution in [1.29, 1.82) is 0 Å². The summed E-state index contributed by atoms with van der Waals surface area (Å²) < 4.78 is 15.4. The number of nitrogens with one attached hydrogen (secondary N) is 2. The van der Waals surface area contributed by atoms with E-state index in [-0.39, 0.29) is 17.4 Å². The van der Waals surface area contributed by atoms with Gasteiger partial charge < -0.3 is 13.9 Å². The molecule has 114 valence electrons. The van der Waals surface area contributed by atoms with E-state index < -0.39 is 11.8 Å². The quantitative estimate of drug-likeness (QED) is 0.826. The first-order valence-electron chi connectivity index (χ1n) is 6.30. The summed E-state index contributed by atoms with van der Waals surface area (Å²) in [7, 11) is 0. The van der Waals surface area contributed by atoms with Crippen LogP contribution in [0.25, 0.3) is 0 Å². The average Bonchev–Trinajstić information content (AvgIpc) is 3.13. The molecule has 2 amide bonds. The number of hydrogen-bond donors (Lipinski definition) is 2. The minimum Gasteiger partial charge on any atom is -0.469 e. The molecule has 3 rings (SSSR count). The molecule has 0 spiro atoms. The largest absolute Gasteiger partial charge is 0.469 e. The topological polar surface area (TPSA) is 89.8 Å². The maximum absolute atomic E-state index is 12.1. The first-order chi connectivity index (χ1) is 10.6. The number of hydrogen-bond acceptors (Lipinski definition) is 5. The molecule has 2 N–H and O–H groups in total. The van der Waals surface area contributed by atoms with Crippen LogP contribution >= 0.6 is 11.6 Å². The van der Waals surface area contributed by atoms with E-state index in [1.807, 2.05) is 0 Å². The standard InChI is InChI=1S/C14H11ClN2O5/c1-7-9(2-3-20-7)14(19)17-16-13(18)8-4-10(15)12-11(5-8)21-6-22-12/h2-5H,6H2,1H3,(H,16,18)(H,17,19). The number of hydrazine groups is 1. The Labute approximate surface area is 130 Å². The molecule has 2 heterocycles. The molecule has 7 nitrogen and oxygen atoms in total. The van der Waals surface area contributed by atoms with Crippen LogP contribution in [0.4, 0.5) is 0 Å². The number of halogens is 1. The molecule has 8 heteroatoms. The van der Waals surface area contributed by atoms with Gasteiger partial charge in [0.05, 0.1) is 16.8 Å². The van der Waals surface area contributed by atoms with Crippen LogP contribution < -0.4 is 20.3 Å². The number of carbonyl (C=O) groups excluding carboxylic acids is 2. The van der Waals surface area contributed by atoms with E-state index in [2.05, 4.69) is 10.9 Å². The van der Waals surface area contributed by atoms with Crippen molar-refractivity contribution in [3.8, 4) is 11.5 Å². The van der Waals surface area contributed by atoms with Crippen molar-refractivity contribution in [2.75, 3.05) is 6.79 Å². The van der Waals surface area contributed by atoms with Gasteiger partial charge in [-0.05, 0) is 25.1 Å². The summed E-state index contributed by atoms with van der Waals surface area (Å²) in [5, 5.41) is 0.261. The molecular weight excluding hydrogens is 312 g/mol. The van der Waals surface area contributed by atoms with Crippen molar-refractivity contribution in [3.05, 3.63) is 46.4 Å². The van der Waals surface area contributed by atoms with Gasteiger partial charge in [0.1, 0.15) is 5.76 Å². The Morgan fingerprint density at radius 3 is 2.68 bits per heavy atom. The van der Waals surface area contributed by atoms with Crippen LogP contribution in [0, 0.1) is 6.92 Å². The fourth-order valence-corrected chi connectivity index (χ4v) is 2.24. The molecule has 0 fully saturated rings. The van der Waals surface area contributed by atoms with Crippen LogP contribution in [-0.4, -0.2) is 18.6 Å². The highest BCUT2D eigenvalue weighted by molar-refractivity contribution is 6.32. The van der Waals surface area contributed by atoms with Gasteiger partial charge in [-0.25, -0.2) is 0 Å². The number of amides is 2. The maximum atomic E-state index is 12.1. The fraction of sp³-hybridized carbons (Fsp3) is 0.143. The number of ether oxygens (including phenoxy) is 2. The molecule has 0 saturated heterocycles. The number of benzene rings is 1. The normalized spacial score (nSPS) is 12.1. The Hall–Kier alpha value is -2.67. The first kappa shape index (κ1) is 14.3. The average molecular weight is 323 g/mol. The van der Waals surface area contributed by atoms with Crippen LogP contribution in [0.3, 0.4) is 0 Å². The second-order valence-corrected chi connectivity index (χ2v) is 4.90. The number of fused-ring (bicyclic) bond motifs is 1. The van der Waals surface area contributed by atoms with Gasteiger partial charge in [-0.15, -0.1) is 0 Å². The van der Waals surface area contributed by atoms with E-state index >= 15 is 0 Å². The van der Waals surface area contributed by atoms with E-state index in [9.17, 15) is 9.59 Å². The van der Waals surface area contributed by atoms with Gasteiger partial charge in [0.2, 0.25) is 6.79 Å². The molecule has 1 aromatic carbocycles. The molecule has 2 aromatic rings. The van der Waals surface area contributed by atoms with Gasteiger partial charge in [-0.3, -0.25) is 20.4 Å². The zero-order valence-electron chi connectivity index (χ0n) is 11.4. The highest BCUT2D eigenvalue weighted by atomic mass is 35.5. The highest BCUT2D eigenvalue weighted by Crippen LogP contribution is 2.39. The summed E-state index contributed by atoms with van der Waals surface area (Å²) in [4.78, 5) is 23.9. The molecule has 1 aliphatic heterocycles. The number of furan rings is 1. The van der Waals surface area contributed by atoms with E-state index in [1.165, 1.54) is 24.5 Å². The maximum Gasteiger partial charge on any atom is 0.273 e. The molecule has 0 bridgehead atoms. The summed E-state index contributed by atoms with van der Waals surface area (Å²) in [5.41, 5.74) is 5.17. The number of aryl methyl sites for hydroxylation is 1.